The van der Waals surface area contributed by atoms with Gasteiger partial charge in [-0.3, -0.25) is 0 Å². The van der Waals surface area contributed by atoms with E-state index in [4.69, 9.17) is 4.42 Å². The number of fused-ring (bicyclic) bond motifs is 13. The third-order valence-electron chi connectivity index (χ3n) is 9.88. The van der Waals surface area contributed by atoms with Crippen molar-refractivity contribution in [1.29, 1.82) is 0 Å². The van der Waals surface area contributed by atoms with Crippen LogP contribution in [-0.2, 0) is 5.41 Å². The van der Waals surface area contributed by atoms with Crippen molar-refractivity contribution >= 4 is 39.0 Å². The molecule has 1 heterocycles. The van der Waals surface area contributed by atoms with Gasteiger partial charge in [0, 0.05) is 22.0 Å². The first-order chi connectivity index (χ1) is 22.4. The minimum absolute atomic E-state index is 0.400. The van der Waals surface area contributed by atoms with E-state index in [0.717, 1.165) is 39.0 Å². The summed E-state index contributed by atoms with van der Waals surface area (Å²) in [5.41, 5.74) is 15.1. The molecule has 0 atom stereocenters. The van der Waals surface area contributed by atoms with Crippen molar-refractivity contribution in [3.05, 3.63) is 186 Å². The average Bonchev–Trinajstić information content (AvgIpc) is 3.74. The molecule has 0 bridgehead atoms. The van der Waals surface area contributed by atoms with Crippen LogP contribution in [0.1, 0.15) is 22.3 Å². The van der Waals surface area contributed by atoms with E-state index < -0.39 is 5.41 Å². The lowest BCUT2D eigenvalue weighted by Gasteiger charge is -2.31. The molecule has 7 aromatic carbocycles. The fourth-order valence-electron chi connectivity index (χ4n) is 8.20. The maximum absolute atomic E-state index is 6.64. The molecule has 0 fully saturated rings. The van der Waals surface area contributed by atoms with E-state index in [-0.39, 0.29) is 0 Å². The largest absolute Gasteiger partial charge is 0.454 e. The van der Waals surface area contributed by atoms with Crippen LogP contribution < -0.4 is 4.90 Å². The van der Waals surface area contributed by atoms with Gasteiger partial charge in [-0.2, -0.15) is 0 Å². The van der Waals surface area contributed by atoms with E-state index in [9.17, 15) is 0 Å². The van der Waals surface area contributed by atoms with E-state index in [1.54, 1.807) is 0 Å². The zero-order valence-corrected chi connectivity index (χ0v) is 24.4. The molecule has 0 unspecified atom stereocenters. The quantitative estimate of drug-likeness (QED) is 0.209. The van der Waals surface area contributed by atoms with Crippen molar-refractivity contribution in [1.82, 2.24) is 0 Å². The Kier molecular flexibility index (Phi) is 4.95. The summed E-state index contributed by atoms with van der Waals surface area (Å²) in [4.78, 5) is 2.39. The first kappa shape index (κ1) is 24.6. The second-order valence-corrected chi connectivity index (χ2v) is 12.0. The minimum atomic E-state index is -0.400. The Bertz CT molecular complexity index is 2410. The molecule has 0 aliphatic heterocycles. The smallest absolute Gasteiger partial charge is 0.159 e. The zero-order valence-electron chi connectivity index (χ0n) is 24.4. The second-order valence-electron chi connectivity index (χ2n) is 12.0. The fourth-order valence-corrected chi connectivity index (χ4v) is 8.20. The van der Waals surface area contributed by atoms with Crippen LogP contribution in [0.2, 0.25) is 0 Å². The predicted molar refractivity (Wildman–Crippen MR) is 185 cm³/mol. The van der Waals surface area contributed by atoms with Gasteiger partial charge in [0.15, 0.2) is 5.58 Å². The highest BCUT2D eigenvalue weighted by atomic mass is 16.3. The van der Waals surface area contributed by atoms with Crippen molar-refractivity contribution in [2.24, 2.45) is 0 Å². The van der Waals surface area contributed by atoms with Gasteiger partial charge in [0.25, 0.3) is 0 Å². The normalized spacial score (nSPS) is 13.5. The van der Waals surface area contributed by atoms with Crippen molar-refractivity contribution in [2.75, 3.05) is 4.90 Å². The molecule has 2 nitrogen and oxygen atoms in total. The highest BCUT2D eigenvalue weighted by Gasteiger charge is 2.52. The van der Waals surface area contributed by atoms with E-state index in [1.807, 2.05) is 6.07 Å². The third kappa shape index (κ3) is 3.13. The third-order valence-corrected chi connectivity index (χ3v) is 9.88. The summed E-state index contributed by atoms with van der Waals surface area (Å²) in [5.74, 6) is 0. The summed E-state index contributed by atoms with van der Waals surface area (Å²) in [6.07, 6.45) is 0. The average molecular weight is 574 g/mol. The monoisotopic (exact) mass is 573 g/mol. The van der Waals surface area contributed by atoms with Crippen molar-refractivity contribution in [3.8, 4) is 22.3 Å². The van der Waals surface area contributed by atoms with Crippen molar-refractivity contribution in [2.45, 2.75) is 5.41 Å². The Hall–Kier alpha value is -5.86. The Morgan fingerprint density at radius 3 is 1.69 bits per heavy atom. The van der Waals surface area contributed by atoms with Crippen LogP contribution in [0.5, 0.6) is 0 Å². The summed E-state index contributed by atoms with van der Waals surface area (Å²) in [6.45, 7) is 0. The number of hydrogen-bond donors (Lipinski definition) is 0. The number of furan rings is 1. The molecule has 210 valence electrons. The van der Waals surface area contributed by atoms with Crippen LogP contribution in [0.25, 0.3) is 44.2 Å². The van der Waals surface area contributed by atoms with Gasteiger partial charge < -0.3 is 9.32 Å². The number of hydrogen-bond acceptors (Lipinski definition) is 2. The maximum atomic E-state index is 6.64. The molecular weight excluding hydrogens is 546 g/mol. The summed E-state index contributed by atoms with van der Waals surface area (Å²) in [5, 5.41) is 2.25. The van der Waals surface area contributed by atoms with Gasteiger partial charge in [-0.05, 0) is 69.3 Å². The van der Waals surface area contributed by atoms with E-state index in [1.165, 1.54) is 44.5 Å². The molecule has 45 heavy (non-hydrogen) atoms. The Morgan fingerprint density at radius 2 is 0.933 bits per heavy atom. The standard InChI is InChI=1S/C43H27NO/c1-2-14-28(15-3-1)44(39-26-12-20-32-31-18-7-11-27-40(31)45-42(32)39)38-25-13-24-37-41(38)33-19-6-10-23-36(33)43(37)34-21-8-4-16-29(34)30-17-5-9-22-35(30)43/h1-27H. The SMILES string of the molecule is c1ccc(N(c2cccc3c2-c2ccccc2C32c3ccccc3-c3ccccc32)c2cccc3c2oc2ccccc23)cc1. The molecule has 8 aromatic rings. The molecular formula is C43H27NO. The Morgan fingerprint density at radius 1 is 0.400 bits per heavy atom. The van der Waals surface area contributed by atoms with Crippen LogP contribution in [0.15, 0.2) is 168 Å². The topological polar surface area (TPSA) is 16.4 Å². The van der Waals surface area contributed by atoms with Crippen molar-refractivity contribution < 1.29 is 4.42 Å². The van der Waals surface area contributed by atoms with Gasteiger partial charge in [0.1, 0.15) is 5.58 Å². The van der Waals surface area contributed by atoms with Gasteiger partial charge >= 0.3 is 0 Å². The molecule has 0 saturated carbocycles. The van der Waals surface area contributed by atoms with E-state index in [0.29, 0.717) is 0 Å². The molecule has 0 radical (unpaired) electrons. The Balaban J connectivity index is 1.33. The van der Waals surface area contributed by atoms with E-state index >= 15 is 0 Å². The number of para-hydroxylation sites is 3. The summed E-state index contributed by atoms with van der Waals surface area (Å²) >= 11 is 0. The van der Waals surface area contributed by atoms with Crippen molar-refractivity contribution in [3.63, 3.8) is 0 Å². The first-order valence-corrected chi connectivity index (χ1v) is 15.5. The lowest BCUT2D eigenvalue weighted by atomic mass is 9.70. The molecule has 10 rings (SSSR count). The second kappa shape index (κ2) is 9.07. The number of benzene rings is 7. The minimum Gasteiger partial charge on any atom is -0.454 e. The van der Waals surface area contributed by atoms with Crippen LogP contribution in [-0.4, -0.2) is 0 Å². The maximum Gasteiger partial charge on any atom is 0.159 e. The molecule has 0 amide bonds. The molecule has 2 aliphatic rings. The molecule has 1 spiro atoms. The molecule has 1 aromatic heterocycles. The van der Waals surface area contributed by atoms with Gasteiger partial charge in [-0.1, -0.05) is 133 Å². The van der Waals surface area contributed by atoms with Gasteiger partial charge in [0.2, 0.25) is 0 Å². The van der Waals surface area contributed by atoms with Crippen LogP contribution in [0, 0.1) is 0 Å². The lowest BCUT2D eigenvalue weighted by Crippen LogP contribution is -2.26. The number of nitrogens with zero attached hydrogens (tertiary/aromatic N) is 1. The summed E-state index contributed by atoms with van der Waals surface area (Å²) < 4.78 is 6.64. The zero-order chi connectivity index (χ0) is 29.5. The molecule has 2 heteroatoms. The first-order valence-electron chi connectivity index (χ1n) is 15.5. The van der Waals surface area contributed by atoms with E-state index in [2.05, 4.69) is 163 Å². The van der Waals surface area contributed by atoms with Gasteiger partial charge in [-0.25, -0.2) is 0 Å². The van der Waals surface area contributed by atoms with Gasteiger partial charge in [-0.15, -0.1) is 0 Å². The number of rotatable bonds is 3. The summed E-state index contributed by atoms with van der Waals surface area (Å²) in [7, 11) is 0. The predicted octanol–water partition coefficient (Wildman–Crippen LogP) is 11.4. The Labute approximate surface area is 261 Å². The highest BCUT2D eigenvalue weighted by Crippen LogP contribution is 2.64. The summed E-state index contributed by atoms with van der Waals surface area (Å²) in [6, 6.07) is 59.3. The van der Waals surface area contributed by atoms with Crippen LogP contribution >= 0.6 is 0 Å². The van der Waals surface area contributed by atoms with Gasteiger partial charge in [0.05, 0.1) is 16.8 Å². The fraction of sp³-hybridized carbons (Fsp3) is 0.0233. The van der Waals surface area contributed by atoms with Crippen LogP contribution in [0.4, 0.5) is 17.1 Å². The van der Waals surface area contributed by atoms with Crippen LogP contribution in [0.3, 0.4) is 0 Å². The highest BCUT2D eigenvalue weighted by molar-refractivity contribution is 6.11. The lowest BCUT2D eigenvalue weighted by molar-refractivity contribution is 0.669. The molecule has 0 N–H and O–H groups in total. The molecule has 0 saturated heterocycles. The molecule has 2 aliphatic carbocycles. The number of anilines is 3.